The topological polar surface area (TPSA) is 29.5 Å². The van der Waals surface area contributed by atoms with Gasteiger partial charge in [0.25, 0.3) is 0 Å². The van der Waals surface area contributed by atoms with E-state index < -0.39 is 0 Å². The first-order valence-electron chi connectivity index (χ1n) is 6.20. The molecule has 1 aliphatic carbocycles. The van der Waals surface area contributed by atoms with E-state index in [0.29, 0.717) is 6.61 Å². The zero-order valence-corrected chi connectivity index (χ0v) is 9.48. The summed E-state index contributed by atoms with van der Waals surface area (Å²) >= 11 is 0. The summed E-state index contributed by atoms with van der Waals surface area (Å²) in [6, 6.07) is 6.25. The van der Waals surface area contributed by atoms with Crippen molar-refractivity contribution in [1.82, 2.24) is 0 Å². The number of hydrogen-bond acceptors (Lipinski definition) is 2. The second-order valence-electron chi connectivity index (χ2n) is 5.06. The molecular weight excluding hydrogens is 200 g/mol. The lowest BCUT2D eigenvalue weighted by molar-refractivity contribution is 0.134. The molecule has 0 aromatic heterocycles. The first-order valence-corrected chi connectivity index (χ1v) is 6.20. The fraction of sp³-hybridized carbons (Fsp3) is 0.571. The average Bonchev–Trinajstić information content (AvgIpc) is 3.01. The van der Waals surface area contributed by atoms with Crippen LogP contribution in [0.15, 0.2) is 18.2 Å². The molecule has 1 atom stereocenters. The van der Waals surface area contributed by atoms with Gasteiger partial charge in [-0.3, -0.25) is 0 Å². The van der Waals surface area contributed by atoms with Crippen LogP contribution in [0.1, 0.15) is 48.5 Å². The van der Waals surface area contributed by atoms with Gasteiger partial charge < -0.3 is 9.84 Å². The van der Waals surface area contributed by atoms with Gasteiger partial charge in [-0.25, -0.2) is 0 Å². The monoisotopic (exact) mass is 218 g/mol. The summed E-state index contributed by atoms with van der Waals surface area (Å²) in [5, 5.41) is 10.1. The van der Waals surface area contributed by atoms with Gasteiger partial charge in [-0.05, 0) is 35.4 Å². The Balaban J connectivity index is 1.67. The van der Waals surface area contributed by atoms with Crippen LogP contribution in [0.3, 0.4) is 0 Å². The van der Waals surface area contributed by atoms with Crippen LogP contribution >= 0.6 is 0 Å². The Labute approximate surface area is 96.2 Å². The number of aliphatic hydroxyl groups is 1. The van der Waals surface area contributed by atoms with E-state index in [0.717, 1.165) is 24.5 Å². The van der Waals surface area contributed by atoms with Gasteiger partial charge in [0.05, 0.1) is 19.3 Å². The maximum absolute atomic E-state index is 10.1. The van der Waals surface area contributed by atoms with E-state index >= 15 is 0 Å². The molecule has 1 aliphatic heterocycles. The maximum atomic E-state index is 10.1. The molecule has 86 valence electrons. The second kappa shape index (κ2) is 4.19. The smallest absolute Gasteiger partial charge is 0.0790 e. The first kappa shape index (κ1) is 10.3. The van der Waals surface area contributed by atoms with Gasteiger partial charge in [-0.15, -0.1) is 0 Å². The van der Waals surface area contributed by atoms with Crippen LogP contribution in [-0.2, 0) is 18.0 Å². The van der Waals surface area contributed by atoms with Crippen LogP contribution in [0.5, 0.6) is 0 Å². The molecular formula is C14H18O2. The molecule has 16 heavy (non-hydrogen) atoms. The molecule has 1 N–H and O–H groups in total. The molecule has 2 aliphatic rings. The van der Waals surface area contributed by atoms with Crippen molar-refractivity contribution in [1.29, 1.82) is 0 Å². The average molecular weight is 218 g/mol. The zero-order chi connectivity index (χ0) is 11.0. The molecule has 0 spiro atoms. The summed E-state index contributed by atoms with van der Waals surface area (Å²) in [5.74, 6) is 0.896. The number of ether oxygens (including phenoxy) is 1. The second-order valence-corrected chi connectivity index (χ2v) is 5.06. The maximum Gasteiger partial charge on any atom is 0.0790 e. The van der Waals surface area contributed by atoms with Crippen molar-refractivity contribution in [2.24, 2.45) is 5.92 Å². The fourth-order valence-corrected chi connectivity index (χ4v) is 2.37. The van der Waals surface area contributed by atoms with Crippen LogP contribution in [0.25, 0.3) is 0 Å². The SMILES string of the molecule is OC(CCC1CC1)c1ccc2c(c1)COC2. The number of rotatable bonds is 4. The van der Waals surface area contributed by atoms with E-state index in [2.05, 4.69) is 12.1 Å². The molecule has 1 aromatic rings. The van der Waals surface area contributed by atoms with E-state index in [1.807, 2.05) is 6.07 Å². The molecule has 3 rings (SSSR count). The Morgan fingerprint density at radius 3 is 2.88 bits per heavy atom. The lowest BCUT2D eigenvalue weighted by Gasteiger charge is -2.11. The molecule has 2 nitrogen and oxygen atoms in total. The molecule has 2 heteroatoms. The molecule has 0 saturated heterocycles. The first-order chi connectivity index (χ1) is 7.83. The third-order valence-corrected chi connectivity index (χ3v) is 3.68. The fourth-order valence-electron chi connectivity index (χ4n) is 2.37. The van der Waals surface area contributed by atoms with Gasteiger partial charge in [0, 0.05) is 0 Å². The molecule has 0 amide bonds. The van der Waals surface area contributed by atoms with Crippen LogP contribution in [0.2, 0.25) is 0 Å². The highest BCUT2D eigenvalue weighted by atomic mass is 16.5. The van der Waals surface area contributed by atoms with Crippen molar-refractivity contribution in [3.8, 4) is 0 Å². The van der Waals surface area contributed by atoms with E-state index in [1.54, 1.807) is 0 Å². The summed E-state index contributed by atoms with van der Waals surface area (Å²) < 4.78 is 5.38. The van der Waals surface area contributed by atoms with Gasteiger partial charge in [0.15, 0.2) is 0 Å². The summed E-state index contributed by atoms with van der Waals surface area (Å²) in [6.07, 6.45) is 4.53. The van der Waals surface area contributed by atoms with E-state index in [-0.39, 0.29) is 6.10 Å². The Kier molecular flexibility index (Phi) is 2.70. The van der Waals surface area contributed by atoms with E-state index in [4.69, 9.17) is 4.74 Å². The minimum atomic E-state index is -0.286. The lowest BCUT2D eigenvalue weighted by atomic mass is 9.99. The molecule has 1 unspecified atom stereocenters. The van der Waals surface area contributed by atoms with Crippen molar-refractivity contribution in [3.63, 3.8) is 0 Å². The van der Waals surface area contributed by atoms with Gasteiger partial charge >= 0.3 is 0 Å². The number of aliphatic hydroxyl groups excluding tert-OH is 1. The van der Waals surface area contributed by atoms with Crippen LogP contribution in [0, 0.1) is 5.92 Å². The summed E-state index contributed by atoms with van der Waals surface area (Å²) in [6.45, 7) is 1.44. The Morgan fingerprint density at radius 2 is 2.06 bits per heavy atom. The van der Waals surface area contributed by atoms with E-state index in [1.165, 1.54) is 30.4 Å². The van der Waals surface area contributed by atoms with Gasteiger partial charge in [0.1, 0.15) is 0 Å². The summed E-state index contributed by atoms with van der Waals surface area (Å²) in [5.41, 5.74) is 3.59. The van der Waals surface area contributed by atoms with Crippen molar-refractivity contribution in [3.05, 3.63) is 34.9 Å². The Morgan fingerprint density at radius 1 is 1.25 bits per heavy atom. The molecule has 1 aromatic carbocycles. The largest absolute Gasteiger partial charge is 0.388 e. The highest BCUT2D eigenvalue weighted by Gasteiger charge is 2.22. The highest BCUT2D eigenvalue weighted by molar-refractivity contribution is 5.34. The summed E-state index contributed by atoms with van der Waals surface area (Å²) in [4.78, 5) is 0. The summed E-state index contributed by atoms with van der Waals surface area (Å²) in [7, 11) is 0. The molecule has 1 fully saturated rings. The zero-order valence-electron chi connectivity index (χ0n) is 9.48. The quantitative estimate of drug-likeness (QED) is 0.842. The van der Waals surface area contributed by atoms with Gasteiger partial charge in [0.2, 0.25) is 0 Å². The Hall–Kier alpha value is -0.860. The van der Waals surface area contributed by atoms with Crippen LogP contribution in [-0.4, -0.2) is 5.11 Å². The number of benzene rings is 1. The third-order valence-electron chi connectivity index (χ3n) is 3.68. The Bertz CT molecular complexity index is 382. The number of fused-ring (bicyclic) bond motifs is 1. The molecule has 1 heterocycles. The van der Waals surface area contributed by atoms with Crippen molar-refractivity contribution in [2.75, 3.05) is 0 Å². The lowest BCUT2D eigenvalue weighted by Crippen LogP contribution is -1.99. The van der Waals surface area contributed by atoms with E-state index in [9.17, 15) is 5.11 Å². The minimum absolute atomic E-state index is 0.286. The van der Waals surface area contributed by atoms with Crippen LogP contribution < -0.4 is 0 Å². The molecule has 0 radical (unpaired) electrons. The van der Waals surface area contributed by atoms with Crippen molar-refractivity contribution >= 4 is 0 Å². The highest BCUT2D eigenvalue weighted by Crippen LogP contribution is 2.36. The van der Waals surface area contributed by atoms with Gasteiger partial charge in [-0.1, -0.05) is 31.0 Å². The van der Waals surface area contributed by atoms with Gasteiger partial charge in [-0.2, -0.15) is 0 Å². The molecule has 0 bridgehead atoms. The predicted octanol–water partition coefficient (Wildman–Crippen LogP) is 2.94. The molecule has 1 saturated carbocycles. The number of hydrogen-bond donors (Lipinski definition) is 1. The van der Waals surface area contributed by atoms with Crippen molar-refractivity contribution < 1.29 is 9.84 Å². The normalized spacial score (nSPS) is 20.8. The third kappa shape index (κ3) is 2.13. The minimum Gasteiger partial charge on any atom is -0.388 e. The van der Waals surface area contributed by atoms with Crippen molar-refractivity contribution in [2.45, 2.75) is 45.0 Å². The predicted molar refractivity (Wildman–Crippen MR) is 61.9 cm³/mol. The van der Waals surface area contributed by atoms with Crippen LogP contribution in [0.4, 0.5) is 0 Å². The standard InChI is InChI=1S/C14H18O2/c15-14(6-3-10-1-2-10)11-4-5-12-8-16-9-13(12)7-11/h4-5,7,10,14-15H,1-3,6,8-9H2.